The summed E-state index contributed by atoms with van der Waals surface area (Å²) in [7, 11) is 0.420. The van der Waals surface area contributed by atoms with Gasteiger partial charge >= 0.3 is 0 Å². The second-order valence-electron chi connectivity index (χ2n) is 5.12. The Morgan fingerprint density at radius 1 is 1.14 bits per heavy atom. The molecule has 2 aromatic rings. The first-order chi connectivity index (χ1) is 10.0. The van der Waals surface area contributed by atoms with E-state index in [0.29, 0.717) is 5.75 Å². The maximum Gasteiger partial charge on any atom is 0.120 e. The molecular weight excluding hydrogens is 282 g/mol. The van der Waals surface area contributed by atoms with Crippen LogP contribution in [0.2, 0.25) is 0 Å². The van der Waals surface area contributed by atoms with Gasteiger partial charge in [-0.2, -0.15) is 0 Å². The van der Waals surface area contributed by atoms with Crippen molar-refractivity contribution >= 4 is 10.8 Å². The Bertz CT molecular complexity index is 625. The molecule has 0 amide bonds. The summed E-state index contributed by atoms with van der Waals surface area (Å²) in [5.74, 6) is 0.706. The summed E-state index contributed by atoms with van der Waals surface area (Å²) in [4.78, 5) is 0.740. The van der Waals surface area contributed by atoms with Gasteiger partial charge in [0.1, 0.15) is 5.75 Å². The molecule has 0 heterocycles. The lowest BCUT2D eigenvalue weighted by Gasteiger charge is -2.20. The smallest absolute Gasteiger partial charge is 0.120 e. The molecule has 112 valence electrons. The molecule has 21 heavy (non-hydrogen) atoms. The minimum absolute atomic E-state index is 0.181. The predicted octanol–water partition coefficient (Wildman–Crippen LogP) is 3.20. The fourth-order valence-corrected chi connectivity index (χ4v) is 3.43. The van der Waals surface area contributed by atoms with Crippen molar-refractivity contribution in [3.05, 3.63) is 59.7 Å². The van der Waals surface area contributed by atoms with Crippen LogP contribution < -0.4 is 10.5 Å². The van der Waals surface area contributed by atoms with Gasteiger partial charge in [-0.25, -0.2) is 0 Å². The maximum atomic E-state index is 12.7. The van der Waals surface area contributed by atoms with Crippen molar-refractivity contribution in [2.24, 2.45) is 5.73 Å². The van der Waals surface area contributed by atoms with Gasteiger partial charge in [0.2, 0.25) is 0 Å². The van der Waals surface area contributed by atoms with Gasteiger partial charge in [0.15, 0.2) is 0 Å². The Morgan fingerprint density at radius 3 is 2.43 bits per heavy atom. The van der Waals surface area contributed by atoms with E-state index in [4.69, 9.17) is 10.5 Å². The minimum atomic E-state index is -1.18. The van der Waals surface area contributed by atoms with Crippen LogP contribution in [0.15, 0.2) is 53.4 Å². The Balaban J connectivity index is 2.19. The summed E-state index contributed by atoms with van der Waals surface area (Å²) in [6, 6.07) is 15.1. The van der Waals surface area contributed by atoms with Gasteiger partial charge in [0.05, 0.1) is 23.2 Å². The molecule has 2 N–H and O–H groups in total. The number of nitrogens with two attached hydrogens (primary N) is 1. The molecule has 2 aromatic carbocycles. The molecule has 3 unspecified atom stereocenters. The van der Waals surface area contributed by atoms with Crippen molar-refractivity contribution in [1.29, 1.82) is 0 Å². The third kappa shape index (κ3) is 3.71. The zero-order valence-corrected chi connectivity index (χ0v) is 13.4. The van der Waals surface area contributed by atoms with Gasteiger partial charge < -0.3 is 10.5 Å². The average Bonchev–Trinajstić information content (AvgIpc) is 2.53. The number of aryl methyl sites for hydroxylation is 1. The fourth-order valence-electron chi connectivity index (χ4n) is 2.13. The summed E-state index contributed by atoms with van der Waals surface area (Å²) in [6.45, 7) is 3.95. The fraction of sp³-hybridized carbons (Fsp3) is 0.294. The molecular formula is C17H21NO2S. The molecule has 2 rings (SSSR count). The van der Waals surface area contributed by atoms with E-state index in [2.05, 4.69) is 0 Å². The molecule has 0 aromatic heterocycles. The highest BCUT2D eigenvalue weighted by Gasteiger charge is 2.22. The van der Waals surface area contributed by atoms with Crippen LogP contribution in [-0.2, 0) is 10.8 Å². The van der Waals surface area contributed by atoms with Gasteiger partial charge in [-0.1, -0.05) is 35.9 Å². The molecule has 0 aliphatic rings. The van der Waals surface area contributed by atoms with Crippen LogP contribution in [0.3, 0.4) is 0 Å². The number of methoxy groups -OCH3 is 1. The lowest BCUT2D eigenvalue weighted by molar-refractivity contribution is 0.413. The van der Waals surface area contributed by atoms with E-state index in [1.165, 1.54) is 5.56 Å². The van der Waals surface area contributed by atoms with Gasteiger partial charge in [-0.3, -0.25) is 4.21 Å². The van der Waals surface area contributed by atoms with Gasteiger partial charge in [-0.15, -0.1) is 0 Å². The number of hydrogen-bond donors (Lipinski definition) is 1. The number of rotatable bonds is 5. The van der Waals surface area contributed by atoms with Crippen LogP contribution in [-0.4, -0.2) is 16.6 Å². The lowest BCUT2D eigenvalue weighted by Crippen LogP contribution is -2.27. The predicted molar refractivity (Wildman–Crippen MR) is 87.0 cm³/mol. The van der Waals surface area contributed by atoms with Crippen molar-refractivity contribution in [2.75, 3.05) is 7.11 Å². The molecule has 0 aliphatic heterocycles. The molecule has 0 saturated heterocycles. The molecule has 0 saturated carbocycles. The largest absolute Gasteiger partial charge is 0.497 e. The number of benzene rings is 2. The van der Waals surface area contributed by atoms with Crippen molar-refractivity contribution in [3.63, 3.8) is 0 Å². The van der Waals surface area contributed by atoms with Crippen LogP contribution in [0.25, 0.3) is 0 Å². The van der Waals surface area contributed by atoms with E-state index in [-0.39, 0.29) is 11.3 Å². The van der Waals surface area contributed by atoms with Crippen molar-refractivity contribution in [3.8, 4) is 5.75 Å². The summed E-state index contributed by atoms with van der Waals surface area (Å²) >= 11 is 0. The Hall–Kier alpha value is -1.65. The van der Waals surface area contributed by atoms with E-state index in [0.717, 1.165) is 10.5 Å². The normalized spacial score (nSPS) is 15.2. The SMILES string of the molecule is COc1cccc(S(=O)C(C)C(N)c2ccc(C)cc2)c1. The van der Waals surface area contributed by atoms with Crippen molar-refractivity contribution in [1.82, 2.24) is 0 Å². The summed E-state index contributed by atoms with van der Waals surface area (Å²) < 4.78 is 17.8. The summed E-state index contributed by atoms with van der Waals surface area (Å²) in [6.07, 6.45) is 0. The van der Waals surface area contributed by atoms with E-state index < -0.39 is 10.8 Å². The standard InChI is InChI=1S/C17H21NO2S/c1-12-7-9-14(10-8-12)17(18)13(2)21(19)16-6-4-5-15(11-16)20-3/h4-11,13,17H,18H2,1-3H3. The molecule has 0 bridgehead atoms. The quantitative estimate of drug-likeness (QED) is 0.923. The number of hydrogen-bond acceptors (Lipinski definition) is 3. The summed E-state index contributed by atoms with van der Waals surface area (Å²) in [5.41, 5.74) is 8.46. The van der Waals surface area contributed by atoms with Crippen molar-refractivity contribution in [2.45, 2.75) is 30.0 Å². The monoisotopic (exact) mass is 303 g/mol. The van der Waals surface area contributed by atoms with E-state index >= 15 is 0 Å². The zero-order chi connectivity index (χ0) is 15.4. The third-order valence-corrected chi connectivity index (χ3v) is 5.27. The van der Waals surface area contributed by atoms with Crippen LogP contribution in [0.1, 0.15) is 24.1 Å². The first kappa shape index (κ1) is 15.7. The van der Waals surface area contributed by atoms with Gasteiger partial charge in [-0.05, 0) is 37.6 Å². The molecule has 0 spiro atoms. The molecule has 0 radical (unpaired) electrons. The van der Waals surface area contributed by atoms with E-state index in [9.17, 15) is 4.21 Å². The average molecular weight is 303 g/mol. The highest BCUT2D eigenvalue weighted by atomic mass is 32.2. The minimum Gasteiger partial charge on any atom is -0.497 e. The van der Waals surface area contributed by atoms with Crippen molar-refractivity contribution < 1.29 is 8.95 Å². The van der Waals surface area contributed by atoms with E-state index in [1.54, 1.807) is 13.2 Å². The Morgan fingerprint density at radius 2 is 1.81 bits per heavy atom. The lowest BCUT2D eigenvalue weighted by atomic mass is 10.0. The number of ether oxygens (including phenoxy) is 1. The summed E-state index contributed by atoms with van der Waals surface area (Å²) in [5, 5.41) is -0.181. The molecule has 3 nitrogen and oxygen atoms in total. The topological polar surface area (TPSA) is 52.3 Å². The van der Waals surface area contributed by atoms with Gasteiger partial charge in [0, 0.05) is 10.9 Å². The molecule has 4 heteroatoms. The van der Waals surface area contributed by atoms with Crippen LogP contribution in [0.5, 0.6) is 5.75 Å². The molecule has 3 atom stereocenters. The second kappa shape index (κ2) is 6.87. The first-order valence-electron chi connectivity index (χ1n) is 6.89. The zero-order valence-electron chi connectivity index (χ0n) is 12.6. The van der Waals surface area contributed by atoms with E-state index in [1.807, 2.05) is 56.3 Å². The van der Waals surface area contributed by atoms with Crippen LogP contribution >= 0.6 is 0 Å². The molecule has 0 aliphatic carbocycles. The maximum absolute atomic E-state index is 12.7. The van der Waals surface area contributed by atoms with Crippen LogP contribution in [0, 0.1) is 6.92 Å². The van der Waals surface area contributed by atoms with Gasteiger partial charge in [0.25, 0.3) is 0 Å². The second-order valence-corrected chi connectivity index (χ2v) is 6.93. The highest BCUT2D eigenvalue weighted by Crippen LogP contribution is 2.24. The van der Waals surface area contributed by atoms with Crippen LogP contribution in [0.4, 0.5) is 0 Å². The third-order valence-electron chi connectivity index (χ3n) is 3.58. The molecule has 0 fully saturated rings. The highest BCUT2D eigenvalue weighted by molar-refractivity contribution is 7.85. The Labute approximate surface area is 128 Å². The Kier molecular flexibility index (Phi) is 5.15. The first-order valence-corrected chi connectivity index (χ1v) is 8.11.